The number of benzene rings is 3. The van der Waals surface area contributed by atoms with Gasteiger partial charge in [0, 0.05) is 16.5 Å². The molecule has 0 aromatic heterocycles. The smallest absolute Gasteiger partial charge is 0.274 e. The highest BCUT2D eigenvalue weighted by atomic mass is 79.9. The van der Waals surface area contributed by atoms with Crippen molar-refractivity contribution < 1.29 is 19.0 Å². The normalized spacial score (nSPS) is 15.3. The summed E-state index contributed by atoms with van der Waals surface area (Å²) in [6, 6.07) is 20.9. The van der Waals surface area contributed by atoms with Gasteiger partial charge < -0.3 is 14.2 Å². The first-order valence-electron chi connectivity index (χ1n) is 10.1. The second-order valence-corrected chi connectivity index (χ2v) is 8.16. The van der Waals surface area contributed by atoms with E-state index in [0.29, 0.717) is 29.2 Å². The van der Waals surface area contributed by atoms with Gasteiger partial charge in [-0.25, -0.2) is 5.01 Å². The van der Waals surface area contributed by atoms with Gasteiger partial charge in [-0.05, 0) is 35.4 Å². The molecule has 1 aliphatic rings. The lowest BCUT2D eigenvalue weighted by molar-refractivity contribution is 0.0710. The maximum Gasteiger partial charge on any atom is 0.274 e. The number of amides is 1. The third-order valence-corrected chi connectivity index (χ3v) is 5.92. The fourth-order valence-electron chi connectivity index (χ4n) is 3.78. The van der Waals surface area contributed by atoms with E-state index in [1.165, 1.54) is 21.3 Å². The molecule has 7 heteroatoms. The molecule has 3 aromatic carbocycles. The lowest BCUT2D eigenvalue weighted by Gasteiger charge is -2.23. The van der Waals surface area contributed by atoms with Gasteiger partial charge in [-0.15, -0.1) is 0 Å². The topological polar surface area (TPSA) is 60.4 Å². The number of hydrazone groups is 1. The lowest BCUT2D eigenvalue weighted by Crippen LogP contribution is -2.27. The van der Waals surface area contributed by atoms with Crippen LogP contribution in [0.2, 0.25) is 0 Å². The van der Waals surface area contributed by atoms with Crippen molar-refractivity contribution in [2.45, 2.75) is 12.5 Å². The summed E-state index contributed by atoms with van der Waals surface area (Å²) in [6.07, 6.45) is 0.613. The van der Waals surface area contributed by atoms with Gasteiger partial charge in [0.2, 0.25) is 5.75 Å². The monoisotopic (exact) mass is 494 g/mol. The summed E-state index contributed by atoms with van der Waals surface area (Å²) >= 11 is 3.48. The summed E-state index contributed by atoms with van der Waals surface area (Å²) in [5, 5.41) is 6.29. The van der Waals surface area contributed by atoms with Gasteiger partial charge in [0.1, 0.15) is 0 Å². The Morgan fingerprint density at radius 1 is 0.938 bits per heavy atom. The zero-order valence-electron chi connectivity index (χ0n) is 18.0. The SMILES string of the molecule is COc1cc(C(=O)N2N=C(c3ccccc3)C[C@H]2c2ccc(Br)cc2)cc(OC)c1OC. The van der Waals surface area contributed by atoms with E-state index in [4.69, 9.17) is 19.3 Å². The number of halogens is 1. The van der Waals surface area contributed by atoms with E-state index in [9.17, 15) is 4.79 Å². The van der Waals surface area contributed by atoms with Crippen LogP contribution in [0.3, 0.4) is 0 Å². The van der Waals surface area contributed by atoms with Crippen LogP contribution in [0.5, 0.6) is 17.2 Å². The van der Waals surface area contributed by atoms with Crippen LogP contribution < -0.4 is 14.2 Å². The Morgan fingerprint density at radius 3 is 2.12 bits per heavy atom. The fraction of sp³-hybridized carbons (Fsp3) is 0.200. The predicted molar refractivity (Wildman–Crippen MR) is 127 cm³/mol. The Kier molecular flexibility index (Phi) is 6.46. The molecule has 0 unspecified atom stereocenters. The molecule has 1 amide bonds. The molecule has 1 aliphatic heterocycles. The van der Waals surface area contributed by atoms with E-state index >= 15 is 0 Å². The molecule has 4 rings (SSSR count). The van der Waals surface area contributed by atoms with Crippen molar-refractivity contribution in [3.05, 3.63) is 87.9 Å². The quantitative estimate of drug-likeness (QED) is 0.456. The van der Waals surface area contributed by atoms with Crippen molar-refractivity contribution >= 4 is 27.5 Å². The van der Waals surface area contributed by atoms with Crippen molar-refractivity contribution in [3.63, 3.8) is 0 Å². The van der Waals surface area contributed by atoms with Gasteiger partial charge in [0.15, 0.2) is 11.5 Å². The van der Waals surface area contributed by atoms with E-state index in [-0.39, 0.29) is 11.9 Å². The molecule has 0 aliphatic carbocycles. The summed E-state index contributed by atoms with van der Waals surface area (Å²) in [4.78, 5) is 13.7. The largest absolute Gasteiger partial charge is 0.493 e. The van der Waals surface area contributed by atoms with Crippen molar-refractivity contribution in [2.24, 2.45) is 5.10 Å². The second-order valence-electron chi connectivity index (χ2n) is 7.25. The number of ether oxygens (including phenoxy) is 3. The third-order valence-electron chi connectivity index (χ3n) is 5.39. The number of methoxy groups -OCH3 is 3. The highest BCUT2D eigenvalue weighted by molar-refractivity contribution is 9.10. The Bertz CT molecular complexity index is 1120. The molecule has 0 fully saturated rings. The first-order valence-corrected chi connectivity index (χ1v) is 10.9. The zero-order chi connectivity index (χ0) is 22.7. The summed E-state index contributed by atoms with van der Waals surface area (Å²) in [7, 11) is 4.58. The maximum atomic E-state index is 13.7. The standard InChI is InChI=1S/C25H23BrN2O4/c1-30-22-13-18(14-23(31-2)24(22)32-3)25(29)28-21(17-9-11-19(26)12-10-17)15-20(27-28)16-7-5-4-6-8-16/h4-14,21H,15H2,1-3H3/t21-/m0/s1. The molecule has 0 radical (unpaired) electrons. The zero-order valence-corrected chi connectivity index (χ0v) is 19.6. The summed E-state index contributed by atoms with van der Waals surface area (Å²) in [5.74, 6) is 1.03. The van der Waals surface area contributed by atoms with Crippen molar-refractivity contribution in [3.8, 4) is 17.2 Å². The number of hydrogen-bond acceptors (Lipinski definition) is 5. The van der Waals surface area contributed by atoms with Gasteiger partial charge in [0.25, 0.3) is 5.91 Å². The molecule has 0 saturated heterocycles. The van der Waals surface area contributed by atoms with Crippen molar-refractivity contribution in [2.75, 3.05) is 21.3 Å². The minimum atomic E-state index is -0.247. The highest BCUT2D eigenvalue weighted by Crippen LogP contribution is 2.40. The Balaban J connectivity index is 1.77. The number of carbonyl (C=O) groups is 1. The van der Waals surface area contributed by atoms with Crippen LogP contribution in [0, 0.1) is 0 Å². The molecular weight excluding hydrogens is 472 g/mol. The highest BCUT2D eigenvalue weighted by Gasteiger charge is 2.34. The second kappa shape index (κ2) is 9.44. The Labute approximate surface area is 195 Å². The summed E-state index contributed by atoms with van der Waals surface area (Å²) in [6.45, 7) is 0. The number of hydrogen-bond donors (Lipinski definition) is 0. The van der Waals surface area contributed by atoms with E-state index in [1.807, 2.05) is 54.6 Å². The Morgan fingerprint density at radius 2 is 1.56 bits per heavy atom. The average Bonchev–Trinajstić information content (AvgIpc) is 3.29. The third kappa shape index (κ3) is 4.21. The van der Waals surface area contributed by atoms with Gasteiger partial charge in [-0.1, -0.05) is 58.4 Å². The molecule has 1 heterocycles. The van der Waals surface area contributed by atoms with Crippen LogP contribution in [-0.2, 0) is 0 Å². The first-order chi connectivity index (χ1) is 15.5. The summed E-state index contributed by atoms with van der Waals surface area (Å²) < 4.78 is 17.2. The predicted octanol–water partition coefficient (Wildman–Crippen LogP) is 5.47. The molecule has 1 atom stereocenters. The van der Waals surface area contributed by atoms with Gasteiger partial charge >= 0.3 is 0 Å². The molecule has 0 N–H and O–H groups in total. The van der Waals surface area contributed by atoms with Gasteiger partial charge in [0.05, 0.1) is 33.1 Å². The van der Waals surface area contributed by atoms with E-state index < -0.39 is 0 Å². The van der Waals surface area contributed by atoms with Gasteiger partial charge in [-0.3, -0.25) is 4.79 Å². The fourth-order valence-corrected chi connectivity index (χ4v) is 4.05. The van der Waals surface area contributed by atoms with Crippen LogP contribution in [-0.4, -0.2) is 38.0 Å². The van der Waals surface area contributed by atoms with Crippen LogP contribution in [0.4, 0.5) is 0 Å². The molecule has 32 heavy (non-hydrogen) atoms. The van der Waals surface area contributed by atoms with E-state index in [0.717, 1.165) is 21.3 Å². The first kappa shape index (κ1) is 21.9. The molecule has 6 nitrogen and oxygen atoms in total. The van der Waals surface area contributed by atoms with Crippen LogP contribution >= 0.6 is 15.9 Å². The van der Waals surface area contributed by atoms with Crippen LogP contribution in [0.1, 0.15) is 33.9 Å². The van der Waals surface area contributed by atoms with Crippen molar-refractivity contribution in [1.82, 2.24) is 5.01 Å². The van der Waals surface area contributed by atoms with Crippen molar-refractivity contribution in [1.29, 1.82) is 0 Å². The minimum absolute atomic E-state index is 0.232. The molecule has 3 aromatic rings. The van der Waals surface area contributed by atoms with Crippen LogP contribution in [0.15, 0.2) is 76.3 Å². The molecule has 0 spiro atoms. The Hall–Kier alpha value is -3.32. The van der Waals surface area contributed by atoms with Gasteiger partial charge in [-0.2, -0.15) is 5.10 Å². The average molecular weight is 495 g/mol. The molecule has 0 bridgehead atoms. The van der Waals surface area contributed by atoms with E-state index in [2.05, 4.69) is 15.9 Å². The minimum Gasteiger partial charge on any atom is -0.493 e. The molecular formula is C25H23BrN2O4. The van der Waals surface area contributed by atoms with Crippen LogP contribution in [0.25, 0.3) is 0 Å². The molecule has 0 saturated carbocycles. The van der Waals surface area contributed by atoms with E-state index in [1.54, 1.807) is 17.1 Å². The lowest BCUT2D eigenvalue weighted by atomic mass is 9.98. The number of nitrogens with zero attached hydrogens (tertiary/aromatic N) is 2. The summed E-state index contributed by atoms with van der Waals surface area (Å²) in [5.41, 5.74) is 3.26. The molecule has 164 valence electrons. The maximum absolute atomic E-state index is 13.7. The number of carbonyl (C=O) groups excluding carboxylic acids is 1. The number of rotatable bonds is 6.